The Labute approximate surface area is 217 Å². The Balaban J connectivity index is 0.000000534. The molecule has 0 aromatic heterocycles. The van der Waals surface area contributed by atoms with Crippen LogP contribution in [0, 0.1) is 63.7 Å². The number of rotatable bonds is 7. The molecule has 1 aromatic rings. The number of halogens is 2. The minimum Gasteiger partial charge on any atom is -0.368 e. The molecule has 10 radical (unpaired) electrons. The summed E-state index contributed by atoms with van der Waals surface area (Å²) >= 11 is 12.4. The van der Waals surface area contributed by atoms with E-state index < -0.39 is 0 Å². The number of hydrogen-bond donors (Lipinski definition) is 1. The Morgan fingerprint density at radius 1 is 0.875 bits per heavy atom. The summed E-state index contributed by atoms with van der Waals surface area (Å²) < 4.78 is 0. The third-order valence-electron chi connectivity index (χ3n) is 5.31. The van der Waals surface area contributed by atoms with Crippen molar-refractivity contribution in [3.05, 3.63) is 91.9 Å². The Bertz CT molecular complexity index is 666. The fourth-order valence-corrected chi connectivity index (χ4v) is 3.97. The van der Waals surface area contributed by atoms with Crippen molar-refractivity contribution in [1.29, 1.82) is 0 Å². The molecular weight excluding hydrogens is 530 g/mol. The number of nitrogens with zero attached hydrogens (tertiary/aromatic N) is 2. The van der Waals surface area contributed by atoms with Gasteiger partial charge in [0, 0.05) is 32.7 Å². The van der Waals surface area contributed by atoms with E-state index in [1.165, 1.54) is 0 Å². The van der Waals surface area contributed by atoms with Crippen LogP contribution in [0.25, 0.3) is 0 Å². The molecule has 1 saturated heterocycles. The van der Waals surface area contributed by atoms with Gasteiger partial charge in [0.15, 0.2) is 0 Å². The van der Waals surface area contributed by atoms with Gasteiger partial charge in [-0.3, -0.25) is 9.69 Å². The predicted molar refractivity (Wildman–Crippen MR) is 129 cm³/mol. The fraction of sp³-hybridized carbons (Fsp3) is 0.320. The Hall–Kier alpha value is -0.347. The van der Waals surface area contributed by atoms with E-state index in [-0.39, 0.29) is 25.4 Å². The molecule has 1 N–H and O–H groups in total. The summed E-state index contributed by atoms with van der Waals surface area (Å²) in [6.07, 6.45) is 19.5. The van der Waals surface area contributed by atoms with Crippen molar-refractivity contribution in [2.24, 2.45) is 0 Å². The zero-order chi connectivity index (χ0) is 21.9. The third kappa shape index (κ3) is 9.12. The van der Waals surface area contributed by atoms with Crippen LogP contribution in [0.1, 0.15) is 12.8 Å². The van der Waals surface area contributed by atoms with Crippen LogP contribution < -0.4 is 10.2 Å². The van der Waals surface area contributed by atoms with E-state index in [9.17, 15) is 4.79 Å². The molecule has 2 saturated carbocycles. The number of unbranched alkanes of at least 4 members (excludes halogenated alkanes) is 1. The van der Waals surface area contributed by atoms with Gasteiger partial charge in [-0.25, -0.2) is 0 Å². The second-order valence-electron chi connectivity index (χ2n) is 7.50. The topological polar surface area (TPSA) is 35.6 Å². The first-order valence-electron chi connectivity index (χ1n) is 10.7. The van der Waals surface area contributed by atoms with Crippen molar-refractivity contribution < 1.29 is 24.3 Å². The number of piperazine rings is 1. The van der Waals surface area contributed by atoms with Gasteiger partial charge in [-0.1, -0.05) is 29.3 Å². The van der Waals surface area contributed by atoms with Crippen molar-refractivity contribution in [2.75, 3.05) is 44.2 Å². The van der Waals surface area contributed by atoms with Crippen molar-refractivity contribution in [2.45, 2.75) is 12.8 Å². The van der Waals surface area contributed by atoms with E-state index in [4.69, 9.17) is 23.2 Å². The van der Waals surface area contributed by atoms with E-state index in [1.54, 1.807) is 0 Å². The molecule has 0 bridgehead atoms. The summed E-state index contributed by atoms with van der Waals surface area (Å²) in [5, 5.41) is 4.22. The average molecular weight is 560 g/mol. The number of carbonyl (C=O) groups is 1. The molecule has 32 heavy (non-hydrogen) atoms. The largest absolute Gasteiger partial charge is 2.00 e. The van der Waals surface area contributed by atoms with Crippen LogP contribution in [0.15, 0.2) is 18.2 Å². The summed E-state index contributed by atoms with van der Waals surface area (Å²) in [4.78, 5) is 16.6. The zero-order valence-electron chi connectivity index (χ0n) is 18.0. The Kier molecular flexibility index (Phi) is 13.5. The smallest absolute Gasteiger partial charge is 0.368 e. The van der Waals surface area contributed by atoms with Gasteiger partial charge in [-0.2, -0.15) is 0 Å². The number of amides is 1. The van der Waals surface area contributed by atoms with E-state index in [0.29, 0.717) is 10.0 Å². The van der Waals surface area contributed by atoms with Crippen LogP contribution in [0.4, 0.5) is 5.69 Å². The summed E-state index contributed by atoms with van der Waals surface area (Å²) in [6, 6.07) is 5.79. The second-order valence-corrected chi connectivity index (χ2v) is 8.29. The number of benzene rings is 1. The zero-order valence-corrected chi connectivity index (χ0v) is 21.2. The van der Waals surface area contributed by atoms with Gasteiger partial charge in [0.25, 0.3) is 0 Å². The third-order valence-corrected chi connectivity index (χ3v) is 6.12. The van der Waals surface area contributed by atoms with Crippen molar-refractivity contribution in [3.63, 3.8) is 0 Å². The van der Waals surface area contributed by atoms with Crippen LogP contribution >= 0.6 is 23.2 Å². The first-order valence-corrected chi connectivity index (χ1v) is 11.5. The SMILES string of the molecule is O=C(NCCCCN1CCN(c2cccc(Cl)c2Cl)CC1)[C]1[CH][CH][CH][CH]1.[CH]1[CH][CH][CH][CH]1.[Ru+2]. The molecule has 1 aliphatic heterocycles. The molecule has 1 heterocycles. The maximum absolute atomic E-state index is 11.8. The summed E-state index contributed by atoms with van der Waals surface area (Å²) in [7, 11) is 0. The van der Waals surface area contributed by atoms with Gasteiger partial charge >= 0.3 is 19.5 Å². The quantitative estimate of drug-likeness (QED) is 0.397. The van der Waals surface area contributed by atoms with Crippen LogP contribution in [0.5, 0.6) is 0 Å². The first kappa shape index (κ1) is 27.9. The number of carbonyl (C=O) groups excluding carboxylic acids is 1. The molecule has 4 nitrogen and oxygen atoms in total. The van der Waals surface area contributed by atoms with E-state index >= 15 is 0 Å². The van der Waals surface area contributed by atoms with Crippen LogP contribution in [-0.2, 0) is 24.3 Å². The molecule has 1 aromatic carbocycles. The summed E-state index contributed by atoms with van der Waals surface area (Å²) in [6.45, 7) is 5.72. The number of nitrogens with one attached hydrogen (secondary N) is 1. The van der Waals surface area contributed by atoms with Gasteiger partial charge < -0.3 is 10.2 Å². The van der Waals surface area contributed by atoms with E-state index in [2.05, 4.69) is 15.1 Å². The molecule has 0 unspecified atom stereocenters. The van der Waals surface area contributed by atoms with Crippen LogP contribution in [0.2, 0.25) is 10.0 Å². The van der Waals surface area contributed by atoms with Gasteiger partial charge in [-0.05, 0) is 89.3 Å². The molecule has 3 aliphatic rings. The molecule has 7 heteroatoms. The van der Waals surface area contributed by atoms with Crippen LogP contribution in [0.3, 0.4) is 0 Å². The minimum atomic E-state index is 0. The second kappa shape index (κ2) is 15.5. The minimum absolute atomic E-state index is 0. The molecule has 0 atom stereocenters. The normalized spacial score (nSPS) is 19.2. The molecule has 0 spiro atoms. The van der Waals surface area contributed by atoms with Crippen molar-refractivity contribution in [3.8, 4) is 0 Å². The average Bonchev–Trinajstić information content (AvgIpc) is 3.53. The summed E-state index contributed by atoms with van der Waals surface area (Å²) in [5.41, 5.74) is 1.02. The Morgan fingerprint density at radius 2 is 1.50 bits per heavy atom. The predicted octanol–water partition coefficient (Wildman–Crippen LogP) is 4.44. The fourth-order valence-electron chi connectivity index (χ4n) is 3.56. The molecule has 170 valence electrons. The van der Waals surface area contributed by atoms with Crippen molar-refractivity contribution >= 4 is 34.8 Å². The number of hydrogen-bond acceptors (Lipinski definition) is 3. The maximum atomic E-state index is 11.8. The van der Waals surface area contributed by atoms with Gasteiger partial charge in [0.1, 0.15) is 0 Å². The number of anilines is 1. The molecule has 4 rings (SSSR count). The molecule has 3 fully saturated rings. The maximum Gasteiger partial charge on any atom is 2.00 e. The first-order chi connectivity index (χ1) is 15.1. The molecule has 2 aliphatic carbocycles. The van der Waals surface area contributed by atoms with Crippen molar-refractivity contribution in [1.82, 2.24) is 10.2 Å². The van der Waals surface area contributed by atoms with Gasteiger partial charge in [-0.15, -0.1) is 0 Å². The van der Waals surface area contributed by atoms with Crippen LogP contribution in [-0.4, -0.2) is 50.1 Å². The molecular formula is C25H29Cl2N3ORu+2. The summed E-state index contributed by atoms with van der Waals surface area (Å²) in [5.74, 6) is 0.753. The monoisotopic (exact) mass is 559 g/mol. The standard InChI is InChI=1S/C20H24Cl2N3O.C5H5.Ru/c21-17-8-5-9-18(19(17)22)25-14-12-24(13-15-25)11-4-3-10-23-20(26)16-6-1-2-7-16;1-2-4-5-3-1;/h1-2,5-9H,3-4,10-15H2,(H,23,26);1-5H;/q;;+2. The van der Waals surface area contributed by atoms with Gasteiger partial charge in [0.05, 0.1) is 21.7 Å². The molecule has 1 amide bonds. The van der Waals surface area contributed by atoms with E-state index in [1.807, 2.05) is 76.0 Å². The van der Waals surface area contributed by atoms with E-state index in [0.717, 1.165) is 63.7 Å². The Morgan fingerprint density at radius 3 is 2.12 bits per heavy atom. The van der Waals surface area contributed by atoms with Gasteiger partial charge in [0.2, 0.25) is 5.91 Å².